The van der Waals surface area contributed by atoms with Crippen LogP contribution in [0, 0.1) is 0 Å². The number of halogens is 2. The molecule has 16 N–H and O–H groups in total. The summed E-state index contributed by atoms with van der Waals surface area (Å²) in [6, 6.07) is 14.8. The predicted octanol–water partition coefficient (Wildman–Crippen LogP) is -6.14. The Morgan fingerprint density at radius 2 is 0.789 bits per heavy atom. The third kappa shape index (κ3) is 19.7. The average molecular weight is 591 g/mol. The molecule has 0 aromatic heterocycles. The van der Waals surface area contributed by atoms with E-state index in [1.165, 1.54) is 0 Å². The van der Waals surface area contributed by atoms with Gasteiger partial charge in [0.1, 0.15) is 23.6 Å². The van der Waals surface area contributed by atoms with Crippen molar-refractivity contribution in [2.75, 3.05) is 0 Å². The van der Waals surface area contributed by atoms with Crippen molar-refractivity contribution >= 4 is 58.5 Å². The zero-order valence-electron chi connectivity index (χ0n) is 19.2. The highest BCUT2D eigenvalue weighted by Crippen LogP contribution is 2.09. The molecule has 4 atom stereocenters. The number of quaternary nitrogens is 2. The van der Waals surface area contributed by atoms with Gasteiger partial charge < -0.3 is 72.9 Å². The standard InChI is InChI=1S/2C6H6ClN.2C4H6O6.2H2O/c2*7-5-1-3-6(8)4-2-5;2*5-1(3(7)8)2(6)4(9)10;;/h2*1-4H,8H2;2*1-2,5-6H,(H,7,8)(H,9,10);2*1H2/t;;2*1-,2-;;/m..11../s1. The minimum atomic E-state index is -2.38. The van der Waals surface area contributed by atoms with Crippen molar-refractivity contribution < 1.29 is 82.5 Å². The third-order valence-electron chi connectivity index (χ3n) is 3.41. The summed E-state index contributed by atoms with van der Waals surface area (Å²) < 4.78 is 0. The van der Waals surface area contributed by atoms with Crippen molar-refractivity contribution in [2.45, 2.75) is 24.4 Å². The molecule has 0 fully saturated rings. The summed E-state index contributed by atoms with van der Waals surface area (Å²) >= 11 is 11.2. The lowest BCUT2D eigenvalue weighted by atomic mass is 10.2. The van der Waals surface area contributed by atoms with Crippen molar-refractivity contribution in [3.63, 3.8) is 0 Å². The van der Waals surface area contributed by atoms with Crippen LogP contribution in [0.2, 0.25) is 10.0 Å². The van der Waals surface area contributed by atoms with Gasteiger partial charge in [0.2, 0.25) is 0 Å². The van der Waals surface area contributed by atoms with Crippen molar-refractivity contribution in [3.05, 3.63) is 58.6 Å². The number of aliphatic hydroxyl groups excluding tert-OH is 4. The molecule has 0 radical (unpaired) electrons. The number of carboxylic acid groups (broad SMARTS) is 4. The number of carbonyl (C=O) groups excluding carboxylic acids is 2. The number of hydrogen-bond acceptors (Lipinski definition) is 10. The summed E-state index contributed by atoms with van der Waals surface area (Å²) in [7, 11) is 0. The van der Waals surface area contributed by atoms with Crippen molar-refractivity contribution in [1.82, 2.24) is 0 Å². The topological polar surface area (TPSA) is 354 Å². The molecule has 0 saturated heterocycles. The van der Waals surface area contributed by atoms with Gasteiger partial charge in [-0.05, 0) is 24.3 Å². The molecule has 0 aliphatic rings. The second kappa shape index (κ2) is 21.6. The first-order valence-corrected chi connectivity index (χ1v) is 10.0. The van der Waals surface area contributed by atoms with E-state index in [0.29, 0.717) is 0 Å². The van der Waals surface area contributed by atoms with Crippen LogP contribution in [0.4, 0.5) is 11.4 Å². The largest absolute Gasteiger partial charge is 0.547 e. The maximum Gasteiger partial charge on any atom is 0.335 e. The average Bonchev–Trinajstić information content (AvgIpc) is 2.81. The Labute approximate surface area is 224 Å². The highest BCUT2D eigenvalue weighted by atomic mass is 35.5. The molecule has 2 rings (SSSR count). The highest BCUT2D eigenvalue weighted by Gasteiger charge is 2.24. The fraction of sp³-hybridized carbons (Fsp3) is 0.200. The van der Waals surface area contributed by atoms with E-state index >= 15 is 0 Å². The van der Waals surface area contributed by atoms with Crippen LogP contribution in [0.3, 0.4) is 0 Å². The maximum absolute atomic E-state index is 9.74. The summed E-state index contributed by atoms with van der Waals surface area (Å²) in [4.78, 5) is 38.8. The fourth-order valence-corrected chi connectivity index (χ4v) is 1.75. The molecule has 0 aliphatic carbocycles. The molecule has 2 aromatic rings. The van der Waals surface area contributed by atoms with Crippen molar-refractivity contribution in [2.24, 2.45) is 0 Å². The van der Waals surface area contributed by atoms with E-state index in [9.17, 15) is 29.4 Å². The van der Waals surface area contributed by atoms with E-state index in [1.54, 1.807) is 0 Å². The number of aliphatic hydroxyl groups is 4. The predicted molar refractivity (Wildman–Crippen MR) is 125 cm³/mol. The minimum Gasteiger partial charge on any atom is -0.547 e. The molecule has 0 heterocycles. The van der Waals surface area contributed by atoms with E-state index in [2.05, 4.69) is 11.5 Å². The lowest BCUT2D eigenvalue weighted by molar-refractivity contribution is -0.319. The summed E-state index contributed by atoms with van der Waals surface area (Å²) in [5.74, 6) is -7.65. The summed E-state index contributed by atoms with van der Waals surface area (Å²) in [6.07, 6.45) is -9.41. The Bertz CT molecular complexity index is 819. The van der Waals surface area contributed by atoms with Gasteiger partial charge in [-0.3, -0.25) is 0 Å². The van der Waals surface area contributed by atoms with Gasteiger partial charge in [-0.2, -0.15) is 0 Å². The van der Waals surface area contributed by atoms with Gasteiger partial charge in [-0.1, -0.05) is 23.2 Å². The number of carboxylic acids is 4. The maximum atomic E-state index is 9.74. The second-order valence-corrected chi connectivity index (χ2v) is 7.22. The Morgan fingerprint density at radius 1 is 0.579 bits per heavy atom. The third-order valence-corrected chi connectivity index (χ3v) is 3.92. The molecule has 0 saturated carbocycles. The van der Waals surface area contributed by atoms with Gasteiger partial charge in [-0.15, -0.1) is 0 Å². The first kappa shape index (κ1) is 41.7. The molecule has 0 aliphatic heterocycles. The van der Waals surface area contributed by atoms with Crippen LogP contribution in [0.15, 0.2) is 48.5 Å². The fourth-order valence-electron chi connectivity index (χ4n) is 1.50. The van der Waals surface area contributed by atoms with Crippen molar-refractivity contribution in [3.8, 4) is 0 Å². The van der Waals surface area contributed by atoms with Crippen LogP contribution in [0.25, 0.3) is 0 Å². The molecular weight excluding hydrogens is 563 g/mol. The van der Waals surface area contributed by atoms with Crippen LogP contribution in [0.1, 0.15) is 0 Å². The molecule has 0 amide bonds. The van der Waals surface area contributed by atoms with Gasteiger partial charge >= 0.3 is 11.9 Å². The normalized spacial score (nSPS) is 12.2. The first-order chi connectivity index (χ1) is 16.5. The zero-order valence-corrected chi connectivity index (χ0v) is 20.7. The monoisotopic (exact) mass is 590 g/mol. The lowest BCUT2D eigenvalue weighted by Crippen LogP contribution is -2.46. The van der Waals surface area contributed by atoms with Crippen LogP contribution in [-0.2, 0) is 19.2 Å². The number of hydrogen-bond donors (Lipinski definition) is 8. The molecule has 18 heteroatoms. The number of rotatable bonds is 6. The molecule has 0 bridgehead atoms. The summed E-state index contributed by atoms with van der Waals surface area (Å²) in [5, 5.41) is 69.8. The molecule has 2 aromatic carbocycles. The molecule has 0 spiro atoms. The van der Waals surface area contributed by atoms with Crippen LogP contribution < -0.4 is 21.7 Å². The van der Waals surface area contributed by atoms with E-state index in [4.69, 9.17) is 53.8 Å². The number of carbonyl (C=O) groups is 4. The first-order valence-electron chi connectivity index (χ1n) is 9.25. The number of benzene rings is 2. The SMILES string of the molecule is O.O.O=C([O-])[C@H](O)[C@@H](O)C(=O)O.O=C([O-])[C@H](O)[C@@H](O)C(=O)O.[NH3+]c1ccc(Cl)cc1.[NH3+]c1ccc(Cl)cc1. The van der Waals surface area contributed by atoms with Crippen LogP contribution in [0.5, 0.6) is 0 Å². The van der Waals surface area contributed by atoms with E-state index in [-0.39, 0.29) is 11.0 Å². The Morgan fingerprint density at radius 3 is 0.895 bits per heavy atom. The van der Waals surface area contributed by atoms with Gasteiger partial charge in [-0.25, -0.2) is 9.59 Å². The van der Waals surface area contributed by atoms with Gasteiger partial charge in [0, 0.05) is 34.3 Å². The second-order valence-electron chi connectivity index (χ2n) is 6.35. The Hall–Kier alpha value is -3.42. The van der Waals surface area contributed by atoms with E-state index < -0.39 is 48.3 Å². The van der Waals surface area contributed by atoms with Crippen molar-refractivity contribution in [1.29, 1.82) is 0 Å². The molecule has 0 unspecified atom stereocenters. The molecule has 216 valence electrons. The van der Waals surface area contributed by atoms with Gasteiger partial charge in [0.15, 0.2) is 12.2 Å². The molecule has 38 heavy (non-hydrogen) atoms. The van der Waals surface area contributed by atoms with E-state index in [0.717, 1.165) is 21.4 Å². The Balaban J connectivity index is -0.000000200. The summed E-state index contributed by atoms with van der Waals surface area (Å²) in [5.41, 5.74) is 9.40. The highest BCUT2D eigenvalue weighted by molar-refractivity contribution is 6.30. The quantitative estimate of drug-likeness (QED) is 0.156. The van der Waals surface area contributed by atoms with Gasteiger partial charge in [0.25, 0.3) is 0 Å². The molecular formula is C20H28Cl2N2O14. The van der Waals surface area contributed by atoms with E-state index in [1.807, 2.05) is 48.5 Å². The lowest BCUT2D eigenvalue weighted by Gasteiger charge is -2.13. The van der Waals surface area contributed by atoms with Crippen LogP contribution >= 0.6 is 23.2 Å². The number of aliphatic carboxylic acids is 4. The minimum absolute atomic E-state index is 0. The smallest absolute Gasteiger partial charge is 0.335 e. The zero-order chi connectivity index (χ0) is 28.6. The summed E-state index contributed by atoms with van der Waals surface area (Å²) in [6.45, 7) is 0. The van der Waals surface area contributed by atoms with Crippen LogP contribution in [-0.4, -0.2) is 89.9 Å². The molecule has 16 nitrogen and oxygen atoms in total. The van der Waals surface area contributed by atoms with Gasteiger partial charge in [0.05, 0.1) is 11.9 Å². The Kier molecular flexibility index (Phi) is 23.8.